The van der Waals surface area contributed by atoms with E-state index in [2.05, 4.69) is 5.16 Å². The Balaban J connectivity index is 1.52. The first-order chi connectivity index (χ1) is 14.9. The van der Waals surface area contributed by atoms with Crippen molar-refractivity contribution in [2.75, 3.05) is 19.8 Å². The van der Waals surface area contributed by atoms with Gasteiger partial charge in [-0.3, -0.25) is 4.79 Å². The maximum atomic E-state index is 11.6. The number of carboxylic acid groups (broad SMARTS) is 1. The molecule has 1 aliphatic heterocycles. The van der Waals surface area contributed by atoms with Gasteiger partial charge in [-0.05, 0) is 49.2 Å². The zero-order valence-electron chi connectivity index (χ0n) is 17.4. The van der Waals surface area contributed by atoms with Crippen LogP contribution in [-0.2, 0) is 19.2 Å². The maximum absolute atomic E-state index is 11.6. The quantitative estimate of drug-likeness (QED) is 0.369. The smallest absolute Gasteiger partial charge is 0.341 e. The molecular weight excluding hydrogens is 400 g/mol. The minimum Gasteiger partial charge on any atom is -0.482 e. The van der Waals surface area contributed by atoms with E-state index in [1.165, 1.54) is 0 Å². The van der Waals surface area contributed by atoms with E-state index in [-0.39, 0.29) is 12.4 Å². The molecule has 1 aromatic rings. The van der Waals surface area contributed by atoms with Gasteiger partial charge in [0.15, 0.2) is 12.4 Å². The molecule has 2 aliphatic rings. The van der Waals surface area contributed by atoms with Gasteiger partial charge in [-0.15, -0.1) is 0 Å². The molecule has 8 nitrogen and oxygen atoms in total. The topological polar surface area (TPSA) is 97.7 Å². The number of carboxylic acids is 1. The van der Waals surface area contributed by atoms with Gasteiger partial charge in [0.2, 0.25) is 0 Å². The van der Waals surface area contributed by atoms with Gasteiger partial charge in [-0.2, -0.15) is 0 Å². The summed E-state index contributed by atoms with van der Waals surface area (Å²) in [6.07, 6.45) is 10.7. The molecular formula is C23H24N2O6. The molecule has 0 atom stereocenters. The summed E-state index contributed by atoms with van der Waals surface area (Å²) in [6.45, 7) is 4.20. The minimum atomic E-state index is -1.02. The van der Waals surface area contributed by atoms with Crippen molar-refractivity contribution in [3.05, 3.63) is 77.5 Å². The van der Waals surface area contributed by atoms with Crippen molar-refractivity contribution < 1.29 is 29.0 Å². The SMILES string of the molecule is CC(=NOCCN1C=COC(C2=CC=CC(=O)C2)=C1)c1ccc(OCC(=O)O)c(C)c1. The zero-order chi connectivity index (χ0) is 22.2. The molecule has 3 rings (SSSR count). The van der Waals surface area contributed by atoms with E-state index >= 15 is 0 Å². The van der Waals surface area contributed by atoms with Gasteiger partial charge in [-0.25, -0.2) is 4.79 Å². The van der Waals surface area contributed by atoms with Gasteiger partial charge < -0.3 is 24.3 Å². The Morgan fingerprint density at radius 1 is 1.35 bits per heavy atom. The molecule has 0 saturated carbocycles. The Morgan fingerprint density at radius 2 is 2.19 bits per heavy atom. The summed E-state index contributed by atoms with van der Waals surface area (Å²) >= 11 is 0. The molecule has 1 N–H and O–H groups in total. The third-order valence-electron chi connectivity index (χ3n) is 4.58. The molecule has 0 fully saturated rings. The lowest BCUT2D eigenvalue weighted by Gasteiger charge is -2.22. The van der Waals surface area contributed by atoms with Crippen LogP contribution in [0, 0.1) is 6.92 Å². The lowest BCUT2D eigenvalue weighted by atomic mass is 10.0. The summed E-state index contributed by atoms with van der Waals surface area (Å²) in [5.74, 6) is 0.188. The van der Waals surface area contributed by atoms with E-state index in [1.54, 1.807) is 36.7 Å². The number of nitrogens with zero attached hydrogens (tertiary/aromatic N) is 2. The van der Waals surface area contributed by atoms with Crippen molar-refractivity contribution in [2.24, 2.45) is 5.16 Å². The van der Waals surface area contributed by atoms with Crippen molar-refractivity contribution in [3.63, 3.8) is 0 Å². The number of hydrogen-bond acceptors (Lipinski definition) is 7. The Morgan fingerprint density at radius 3 is 2.94 bits per heavy atom. The number of aliphatic carboxylic acids is 1. The highest BCUT2D eigenvalue weighted by Gasteiger charge is 2.16. The highest BCUT2D eigenvalue weighted by molar-refractivity contribution is 5.98. The van der Waals surface area contributed by atoms with Crippen LogP contribution in [0.1, 0.15) is 24.5 Å². The number of oxime groups is 1. The van der Waals surface area contributed by atoms with Crippen molar-refractivity contribution in [1.82, 2.24) is 4.90 Å². The Hall–Kier alpha value is -3.81. The molecule has 0 unspecified atom stereocenters. The Bertz CT molecular complexity index is 1000. The van der Waals surface area contributed by atoms with Crippen molar-refractivity contribution in [1.29, 1.82) is 0 Å². The highest BCUT2D eigenvalue weighted by Crippen LogP contribution is 2.23. The first kappa shape index (κ1) is 21.9. The number of aryl methyl sites for hydroxylation is 1. The lowest BCUT2D eigenvalue weighted by Crippen LogP contribution is -2.20. The first-order valence-electron chi connectivity index (χ1n) is 9.76. The van der Waals surface area contributed by atoms with Crippen molar-refractivity contribution in [2.45, 2.75) is 20.3 Å². The Kier molecular flexibility index (Phi) is 7.26. The molecule has 1 heterocycles. The van der Waals surface area contributed by atoms with Gasteiger partial charge in [-0.1, -0.05) is 17.3 Å². The average Bonchev–Trinajstić information content (AvgIpc) is 2.76. The number of carbonyl (C=O) groups is 2. The number of ether oxygens (including phenoxy) is 2. The zero-order valence-corrected chi connectivity index (χ0v) is 17.4. The number of carbonyl (C=O) groups excluding carboxylic acids is 1. The van der Waals surface area contributed by atoms with E-state index in [0.717, 1.165) is 16.7 Å². The fourth-order valence-corrected chi connectivity index (χ4v) is 2.97. The molecule has 0 amide bonds. The summed E-state index contributed by atoms with van der Waals surface area (Å²) in [7, 11) is 0. The van der Waals surface area contributed by atoms with Gasteiger partial charge in [0.05, 0.1) is 12.3 Å². The second kappa shape index (κ2) is 10.3. The molecule has 31 heavy (non-hydrogen) atoms. The lowest BCUT2D eigenvalue weighted by molar-refractivity contribution is -0.139. The molecule has 0 spiro atoms. The second-order valence-electron chi connectivity index (χ2n) is 7.00. The van der Waals surface area contributed by atoms with Gasteiger partial charge in [0.1, 0.15) is 24.4 Å². The van der Waals surface area contributed by atoms with Gasteiger partial charge >= 0.3 is 5.97 Å². The number of rotatable bonds is 9. The van der Waals surface area contributed by atoms with E-state index in [0.29, 0.717) is 36.8 Å². The molecule has 162 valence electrons. The van der Waals surface area contributed by atoms with Crippen LogP contribution in [0.15, 0.2) is 71.6 Å². The predicted octanol–water partition coefficient (Wildman–Crippen LogP) is 3.30. The largest absolute Gasteiger partial charge is 0.482 e. The van der Waals surface area contributed by atoms with E-state index in [4.69, 9.17) is 19.4 Å². The van der Waals surface area contributed by atoms with Crippen LogP contribution in [0.5, 0.6) is 5.75 Å². The number of ketones is 1. The van der Waals surface area contributed by atoms with Gasteiger partial charge in [0, 0.05) is 24.4 Å². The van der Waals surface area contributed by atoms with E-state index in [9.17, 15) is 9.59 Å². The van der Waals surface area contributed by atoms with Crippen LogP contribution < -0.4 is 4.74 Å². The number of allylic oxidation sites excluding steroid dienone is 4. The third-order valence-corrected chi connectivity index (χ3v) is 4.58. The molecule has 1 aromatic carbocycles. The van der Waals surface area contributed by atoms with Crippen LogP contribution in [0.2, 0.25) is 0 Å². The summed E-state index contributed by atoms with van der Waals surface area (Å²) in [6, 6.07) is 5.39. The third kappa shape index (κ3) is 6.33. The number of hydrogen-bond donors (Lipinski definition) is 1. The van der Waals surface area contributed by atoms with Crippen LogP contribution in [-0.4, -0.2) is 47.2 Å². The van der Waals surface area contributed by atoms with Crippen LogP contribution in [0.25, 0.3) is 0 Å². The summed E-state index contributed by atoms with van der Waals surface area (Å²) in [4.78, 5) is 29.6. The molecule has 0 bridgehead atoms. The van der Waals surface area contributed by atoms with Crippen LogP contribution in [0.3, 0.4) is 0 Å². The highest BCUT2D eigenvalue weighted by atomic mass is 16.6. The number of benzene rings is 1. The Labute approximate surface area is 180 Å². The summed E-state index contributed by atoms with van der Waals surface area (Å²) in [5, 5.41) is 12.9. The molecule has 1 aliphatic carbocycles. The van der Waals surface area contributed by atoms with E-state index in [1.807, 2.05) is 37.1 Å². The average molecular weight is 424 g/mol. The summed E-state index contributed by atoms with van der Waals surface area (Å²) < 4.78 is 10.8. The molecule has 0 radical (unpaired) electrons. The molecule has 0 saturated heterocycles. The van der Waals surface area contributed by atoms with Crippen LogP contribution in [0.4, 0.5) is 0 Å². The fraction of sp³-hybridized carbons (Fsp3) is 0.261. The second-order valence-corrected chi connectivity index (χ2v) is 7.00. The standard InChI is InChI=1S/C23H24N2O6/c1-16-12-18(6-7-21(16)30-15-23(27)28)17(2)24-31-11-9-25-8-10-29-22(14-25)19-4-3-5-20(26)13-19/h3-8,10,12,14H,9,11,13,15H2,1-2H3,(H,27,28). The van der Waals surface area contributed by atoms with Gasteiger partial charge in [0.25, 0.3) is 0 Å². The van der Waals surface area contributed by atoms with Crippen molar-refractivity contribution in [3.8, 4) is 5.75 Å². The molecule has 0 aromatic heterocycles. The first-order valence-corrected chi connectivity index (χ1v) is 9.76. The van der Waals surface area contributed by atoms with Crippen molar-refractivity contribution >= 4 is 17.5 Å². The minimum absolute atomic E-state index is 0.0490. The maximum Gasteiger partial charge on any atom is 0.341 e. The normalized spacial score (nSPS) is 15.9. The summed E-state index contributed by atoms with van der Waals surface area (Å²) in [5.41, 5.74) is 3.20. The fourth-order valence-electron chi connectivity index (χ4n) is 2.97. The predicted molar refractivity (Wildman–Crippen MR) is 114 cm³/mol. The molecule has 8 heteroatoms. The monoisotopic (exact) mass is 424 g/mol. The van der Waals surface area contributed by atoms with Crippen LogP contribution >= 0.6 is 0 Å². The van der Waals surface area contributed by atoms with E-state index < -0.39 is 5.97 Å².